The highest BCUT2D eigenvalue weighted by Crippen LogP contribution is 2.18. The Morgan fingerprint density at radius 3 is 2.48 bits per heavy atom. The number of aromatic nitrogens is 3. The van der Waals surface area contributed by atoms with Crippen molar-refractivity contribution in [1.82, 2.24) is 25.2 Å². The van der Waals surface area contributed by atoms with Gasteiger partial charge in [-0.05, 0) is 44.2 Å². The molecule has 1 fully saturated rings. The summed E-state index contributed by atoms with van der Waals surface area (Å²) in [5.41, 5.74) is 3.06. The van der Waals surface area contributed by atoms with Crippen molar-refractivity contribution < 1.29 is 4.79 Å². The lowest BCUT2D eigenvalue weighted by Crippen LogP contribution is -2.52. The monoisotopic (exact) mass is 438 g/mol. The van der Waals surface area contributed by atoms with E-state index in [0.717, 1.165) is 31.9 Å². The highest BCUT2D eigenvalue weighted by molar-refractivity contribution is 6.30. The molecule has 1 unspecified atom stereocenters. The summed E-state index contributed by atoms with van der Waals surface area (Å²) in [4.78, 5) is 17.5. The molecule has 0 bridgehead atoms. The SMILES string of the molecule is Cc1c(C(=O)NCC(C)N2CCN(c3ccccc3)CC2)nnn1-c1cccc(Cl)c1. The molecular formula is C23H27ClN6O. The van der Waals surface area contributed by atoms with Crippen LogP contribution in [0.15, 0.2) is 54.6 Å². The lowest BCUT2D eigenvalue weighted by molar-refractivity contribution is 0.0928. The smallest absolute Gasteiger partial charge is 0.273 e. The fraction of sp³-hybridized carbons (Fsp3) is 0.348. The predicted octanol–water partition coefficient (Wildman–Crippen LogP) is 3.17. The molecule has 7 nitrogen and oxygen atoms in total. The molecule has 1 aromatic heterocycles. The summed E-state index contributed by atoms with van der Waals surface area (Å²) in [6, 6.07) is 18.0. The van der Waals surface area contributed by atoms with Crippen LogP contribution in [0.3, 0.4) is 0 Å². The number of para-hydroxylation sites is 1. The molecule has 4 rings (SSSR count). The number of amides is 1. The Balaban J connectivity index is 1.31. The van der Waals surface area contributed by atoms with Gasteiger partial charge in [-0.3, -0.25) is 9.69 Å². The van der Waals surface area contributed by atoms with Gasteiger partial charge in [0.05, 0.1) is 11.4 Å². The molecule has 1 amide bonds. The average molecular weight is 439 g/mol. The number of nitrogens with one attached hydrogen (secondary N) is 1. The predicted molar refractivity (Wildman–Crippen MR) is 123 cm³/mol. The number of halogens is 1. The molecule has 2 aromatic carbocycles. The van der Waals surface area contributed by atoms with Gasteiger partial charge < -0.3 is 10.2 Å². The summed E-state index contributed by atoms with van der Waals surface area (Å²) in [6.07, 6.45) is 0. The molecular weight excluding hydrogens is 412 g/mol. The summed E-state index contributed by atoms with van der Waals surface area (Å²) in [5, 5.41) is 11.9. The highest BCUT2D eigenvalue weighted by atomic mass is 35.5. The fourth-order valence-electron chi connectivity index (χ4n) is 3.91. The number of nitrogens with zero attached hydrogens (tertiary/aromatic N) is 5. The third-order valence-corrected chi connectivity index (χ3v) is 6.01. The van der Waals surface area contributed by atoms with E-state index < -0.39 is 0 Å². The molecule has 1 N–H and O–H groups in total. The van der Waals surface area contributed by atoms with E-state index in [-0.39, 0.29) is 11.9 Å². The van der Waals surface area contributed by atoms with Crippen molar-refractivity contribution in [2.24, 2.45) is 0 Å². The fourth-order valence-corrected chi connectivity index (χ4v) is 4.09. The van der Waals surface area contributed by atoms with E-state index in [1.54, 1.807) is 16.8 Å². The van der Waals surface area contributed by atoms with Crippen LogP contribution >= 0.6 is 11.6 Å². The van der Waals surface area contributed by atoms with E-state index in [1.807, 2.05) is 25.1 Å². The van der Waals surface area contributed by atoms with Gasteiger partial charge in [-0.2, -0.15) is 0 Å². The molecule has 0 saturated carbocycles. The number of rotatable bonds is 6. The maximum Gasteiger partial charge on any atom is 0.273 e. The standard InChI is InChI=1S/C23H27ClN6O/c1-17(28-11-13-29(14-12-28)20-8-4-3-5-9-20)16-25-23(31)22-18(2)30(27-26-22)21-10-6-7-19(24)15-21/h3-10,15,17H,11-14,16H2,1-2H3,(H,25,31). The second-order valence-electron chi connectivity index (χ2n) is 7.83. The lowest BCUT2D eigenvalue weighted by Gasteiger charge is -2.39. The minimum atomic E-state index is -0.208. The Hall–Kier alpha value is -2.90. The van der Waals surface area contributed by atoms with E-state index in [1.165, 1.54) is 5.69 Å². The first-order valence-corrected chi connectivity index (χ1v) is 10.9. The highest BCUT2D eigenvalue weighted by Gasteiger charge is 2.23. The zero-order valence-corrected chi connectivity index (χ0v) is 18.6. The summed E-state index contributed by atoms with van der Waals surface area (Å²) in [6.45, 7) is 8.44. The topological polar surface area (TPSA) is 66.3 Å². The molecule has 1 aliphatic heterocycles. The zero-order chi connectivity index (χ0) is 21.8. The zero-order valence-electron chi connectivity index (χ0n) is 17.8. The van der Waals surface area contributed by atoms with Gasteiger partial charge in [0.15, 0.2) is 5.69 Å². The second kappa shape index (κ2) is 9.49. The van der Waals surface area contributed by atoms with Crippen molar-refractivity contribution >= 4 is 23.2 Å². The maximum absolute atomic E-state index is 12.7. The van der Waals surface area contributed by atoms with Crippen molar-refractivity contribution in [2.75, 3.05) is 37.6 Å². The molecule has 2 heterocycles. The molecule has 3 aromatic rings. The van der Waals surface area contributed by atoms with E-state index >= 15 is 0 Å². The third-order valence-electron chi connectivity index (χ3n) is 5.78. The van der Waals surface area contributed by atoms with Gasteiger partial charge in [0.1, 0.15) is 0 Å². The first kappa shape index (κ1) is 21.3. The Morgan fingerprint density at radius 2 is 1.77 bits per heavy atom. The van der Waals surface area contributed by atoms with E-state index in [9.17, 15) is 4.79 Å². The van der Waals surface area contributed by atoms with Crippen LogP contribution in [0.4, 0.5) is 5.69 Å². The van der Waals surface area contributed by atoms with E-state index in [4.69, 9.17) is 11.6 Å². The van der Waals surface area contributed by atoms with Crippen molar-refractivity contribution in [1.29, 1.82) is 0 Å². The number of benzene rings is 2. The molecule has 0 spiro atoms. The van der Waals surface area contributed by atoms with Gasteiger partial charge >= 0.3 is 0 Å². The Kier molecular flexibility index (Phi) is 6.53. The van der Waals surface area contributed by atoms with E-state index in [0.29, 0.717) is 23.0 Å². The number of hydrogen-bond donors (Lipinski definition) is 1. The Labute approximate surface area is 187 Å². The molecule has 0 aliphatic carbocycles. The average Bonchev–Trinajstić information content (AvgIpc) is 3.19. The Morgan fingerprint density at radius 1 is 1.06 bits per heavy atom. The van der Waals surface area contributed by atoms with Gasteiger partial charge in [0.2, 0.25) is 0 Å². The van der Waals surface area contributed by atoms with Crippen LogP contribution in [0, 0.1) is 6.92 Å². The van der Waals surface area contributed by atoms with Gasteiger partial charge in [-0.15, -0.1) is 5.10 Å². The van der Waals surface area contributed by atoms with Crippen LogP contribution in [-0.4, -0.2) is 64.6 Å². The minimum absolute atomic E-state index is 0.208. The van der Waals surface area contributed by atoms with Crippen LogP contribution in [0.2, 0.25) is 5.02 Å². The summed E-state index contributed by atoms with van der Waals surface area (Å²) >= 11 is 6.07. The number of carbonyl (C=O) groups excluding carboxylic acids is 1. The minimum Gasteiger partial charge on any atom is -0.369 e. The first-order chi connectivity index (χ1) is 15.0. The second-order valence-corrected chi connectivity index (χ2v) is 8.27. The number of anilines is 1. The number of piperazine rings is 1. The van der Waals surface area contributed by atoms with Crippen LogP contribution in [-0.2, 0) is 0 Å². The molecule has 1 aliphatic rings. The first-order valence-electron chi connectivity index (χ1n) is 10.5. The van der Waals surface area contributed by atoms with Crippen LogP contribution in [0.5, 0.6) is 0 Å². The molecule has 1 saturated heterocycles. The van der Waals surface area contributed by atoms with Gasteiger partial charge in [-0.25, -0.2) is 4.68 Å². The summed E-state index contributed by atoms with van der Waals surface area (Å²) in [5.74, 6) is -0.208. The summed E-state index contributed by atoms with van der Waals surface area (Å²) < 4.78 is 1.63. The van der Waals surface area contributed by atoms with E-state index in [2.05, 4.69) is 56.6 Å². The van der Waals surface area contributed by atoms with Gasteiger partial charge in [0.25, 0.3) is 5.91 Å². The lowest BCUT2D eigenvalue weighted by atomic mass is 10.2. The Bertz CT molecular complexity index is 1030. The molecule has 162 valence electrons. The van der Waals surface area contributed by atoms with Crippen molar-refractivity contribution in [3.63, 3.8) is 0 Å². The van der Waals surface area contributed by atoms with Gasteiger partial charge in [-0.1, -0.05) is 41.1 Å². The van der Waals surface area contributed by atoms with Crippen LogP contribution in [0.25, 0.3) is 5.69 Å². The molecule has 1 atom stereocenters. The van der Waals surface area contributed by atoms with Crippen LogP contribution < -0.4 is 10.2 Å². The quantitative estimate of drug-likeness (QED) is 0.640. The van der Waals surface area contributed by atoms with Crippen molar-refractivity contribution in [3.05, 3.63) is 71.0 Å². The van der Waals surface area contributed by atoms with Crippen LogP contribution in [0.1, 0.15) is 23.1 Å². The number of hydrogen-bond acceptors (Lipinski definition) is 5. The van der Waals surface area contributed by atoms with Gasteiger partial charge in [0, 0.05) is 49.5 Å². The van der Waals surface area contributed by atoms with Crippen molar-refractivity contribution in [2.45, 2.75) is 19.9 Å². The largest absolute Gasteiger partial charge is 0.369 e. The third kappa shape index (κ3) is 4.89. The molecule has 0 radical (unpaired) electrons. The summed E-state index contributed by atoms with van der Waals surface area (Å²) in [7, 11) is 0. The normalized spacial score (nSPS) is 15.6. The maximum atomic E-state index is 12.7. The number of carbonyl (C=O) groups is 1. The molecule has 31 heavy (non-hydrogen) atoms. The molecule has 8 heteroatoms. The van der Waals surface area contributed by atoms with Crippen molar-refractivity contribution in [3.8, 4) is 5.69 Å².